The summed E-state index contributed by atoms with van der Waals surface area (Å²) in [6.07, 6.45) is 0. The number of nitrogen functional groups attached to an aromatic ring is 1. The lowest BCUT2D eigenvalue weighted by molar-refractivity contribution is 0.413. The molecule has 0 amide bonds. The van der Waals surface area contributed by atoms with E-state index in [0.717, 1.165) is 11.1 Å². The van der Waals surface area contributed by atoms with Crippen molar-refractivity contribution in [2.24, 2.45) is 0 Å². The molecule has 2 aromatic carbocycles. The van der Waals surface area contributed by atoms with Crippen LogP contribution in [0.25, 0.3) is 0 Å². The SMILES string of the molecule is COc1ccc(N)c(S(=O)Cc2ccc(F)cc2C)c1. The molecule has 0 aliphatic carbocycles. The Labute approximate surface area is 120 Å². The molecule has 1 atom stereocenters. The summed E-state index contributed by atoms with van der Waals surface area (Å²) in [5, 5.41) is 0. The van der Waals surface area contributed by atoms with Crippen molar-refractivity contribution in [3.05, 3.63) is 53.3 Å². The predicted octanol–water partition coefficient (Wildman–Crippen LogP) is 3.03. The first kappa shape index (κ1) is 14.5. The lowest BCUT2D eigenvalue weighted by atomic mass is 10.1. The van der Waals surface area contributed by atoms with Crippen LogP contribution in [0.2, 0.25) is 0 Å². The van der Waals surface area contributed by atoms with Crippen molar-refractivity contribution in [1.29, 1.82) is 0 Å². The summed E-state index contributed by atoms with van der Waals surface area (Å²) >= 11 is 0. The smallest absolute Gasteiger partial charge is 0.123 e. The van der Waals surface area contributed by atoms with E-state index in [1.807, 2.05) is 0 Å². The van der Waals surface area contributed by atoms with Crippen molar-refractivity contribution in [1.82, 2.24) is 0 Å². The second-order valence-corrected chi connectivity index (χ2v) is 5.88. The maximum Gasteiger partial charge on any atom is 0.123 e. The number of hydrogen-bond donors (Lipinski definition) is 1. The molecule has 3 nitrogen and oxygen atoms in total. The molecule has 0 saturated carbocycles. The second-order valence-electron chi connectivity index (χ2n) is 4.46. The van der Waals surface area contributed by atoms with E-state index in [2.05, 4.69) is 0 Å². The fourth-order valence-electron chi connectivity index (χ4n) is 1.88. The summed E-state index contributed by atoms with van der Waals surface area (Å²) in [6, 6.07) is 9.52. The normalized spacial score (nSPS) is 12.2. The van der Waals surface area contributed by atoms with Crippen LogP contribution in [0.5, 0.6) is 5.75 Å². The van der Waals surface area contributed by atoms with Crippen LogP contribution in [0.3, 0.4) is 0 Å². The quantitative estimate of drug-likeness (QED) is 0.882. The molecular formula is C15H16FNO2S. The number of methoxy groups -OCH3 is 1. The van der Waals surface area contributed by atoms with Crippen LogP contribution in [0.4, 0.5) is 10.1 Å². The van der Waals surface area contributed by atoms with Gasteiger partial charge in [0, 0.05) is 5.69 Å². The Kier molecular flexibility index (Phi) is 4.39. The Balaban J connectivity index is 2.28. The van der Waals surface area contributed by atoms with E-state index in [1.165, 1.54) is 12.1 Å². The summed E-state index contributed by atoms with van der Waals surface area (Å²) < 4.78 is 30.6. The number of aryl methyl sites for hydroxylation is 1. The standard InChI is InChI=1S/C15H16FNO2S/c1-10-7-12(16)4-3-11(10)9-20(18)15-8-13(19-2)5-6-14(15)17/h3-8H,9,17H2,1-2H3. The molecule has 5 heteroatoms. The highest BCUT2D eigenvalue weighted by atomic mass is 32.2. The van der Waals surface area contributed by atoms with E-state index < -0.39 is 10.8 Å². The minimum Gasteiger partial charge on any atom is -0.497 e. The molecule has 2 aromatic rings. The highest BCUT2D eigenvalue weighted by Gasteiger charge is 2.12. The molecule has 0 bridgehead atoms. The van der Waals surface area contributed by atoms with Gasteiger partial charge in [0.2, 0.25) is 0 Å². The third-order valence-corrected chi connectivity index (χ3v) is 4.47. The largest absolute Gasteiger partial charge is 0.497 e. The predicted molar refractivity (Wildman–Crippen MR) is 78.7 cm³/mol. The topological polar surface area (TPSA) is 52.3 Å². The van der Waals surface area contributed by atoms with E-state index in [0.29, 0.717) is 22.1 Å². The zero-order valence-corrected chi connectivity index (χ0v) is 12.2. The van der Waals surface area contributed by atoms with Gasteiger partial charge in [-0.15, -0.1) is 0 Å². The Morgan fingerprint density at radius 1 is 1.25 bits per heavy atom. The van der Waals surface area contributed by atoms with Crippen LogP contribution >= 0.6 is 0 Å². The fourth-order valence-corrected chi connectivity index (χ4v) is 3.22. The van der Waals surface area contributed by atoms with Crippen LogP contribution in [0, 0.1) is 12.7 Å². The van der Waals surface area contributed by atoms with Gasteiger partial charge in [-0.2, -0.15) is 0 Å². The van der Waals surface area contributed by atoms with Gasteiger partial charge >= 0.3 is 0 Å². The van der Waals surface area contributed by atoms with Crippen molar-refractivity contribution in [2.45, 2.75) is 17.6 Å². The van der Waals surface area contributed by atoms with Crippen LogP contribution < -0.4 is 10.5 Å². The number of anilines is 1. The highest BCUT2D eigenvalue weighted by Crippen LogP contribution is 2.25. The molecule has 2 N–H and O–H groups in total. The molecule has 1 unspecified atom stereocenters. The maximum absolute atomic E-state index is 13.1. The van der Waals surface area contributed by atoms with Crippen LogP contribution in [-0.4, -0.2) is 11.3 Å². The summed E-state index contributed by atoms with van der Waals surface area (Å²) in [7, 11) is 0.242. The minimum atomic E-state index is -1.30. The number of rotatable bonds is 4. The summed E-state index contributed by atoms with van der Waals surface area (Å²) in [4.78, 5) is 0.535. The average Bonchev–Trinajstić information content (AvgIpc) is 2.42. The van der Waals surface area contributed by atoms with Gasteiger partial charge in [-0.05, 0) is 48.4 Å². The number of ether oxygens (including phenoxy) is 1. The monoisotopic (exact) mass is 293 g/mol. The van der Waals surface area contributed by atoms with Crippen molar-refractivity contribution >= 4 is 16.5 Å². The summed E-state index contributed by atoms with van der Waals surface area (Å²) in [6.45, 7) is 1.80. The maximum atomic E-state index is 13.1. The Bertz CT molecular complexity index is 658. The van der Waals surface area contributed by atoms with Gasteiger partial charge in [0.15, 0.2) is 0 Å². The molecule has 106 valence electrons. The Morgan fingerprint density at radius 2 is 2.00 bits per heavy atom. The lowest BCUT2D eigenvalue weighted by Gasteiger charge is -2.10. The van der Waals surface area contributed by atoms with Crippen molar-refractivity contribution < 1.29 is 13.3 Å². The molecule has 0 spiro atoms. The van der Waals surface area contributed by atoms with Crippen molar-refractivity contribution in [2.75, 3.05) is 12.8 Å². The first-order chi connectivity index (χ1) is 9.51. The first-order valence-electron chi connectivity index (χ1n) is 6.08. The zero-order valence-electron chi connectivity index (χ0n) is 11.4. The zero-order chi connectivity index (χ0) is 14.7. The molecule has 0 heterocycles. The third kappa shape index (κ3) is 3.17. The van der Waals surface area contributed by atoms with Crippen LogP contribution in [0.1, 0.15) is 11.1 Å². The lowest BCUT2D eigenvalue weighted by Crippen LogP contribution is -2.03. The Morgan fingerprint density at radius 3 is 2.65 bits per heavy atom. The first-order valence-corrected chi connectivity index (χ1v) is 7.40. The molecule has 2 rings (SSSR count). The average molecular weight is 293 g/mol. The van der Waals surface area contributed by atoms with Crippen LogP contribution in [-0.2, 0) is 16.6 Å². The number of nitrogens with two attached hydrogens (primary N) is 1. The van der Waals surface area contributed by atoms with Gasteiger partial charge in [-0.1, -0.05) is 6.07 Å². The number of hydrogen-bond acceptors (Lipinski definition) is 3. The van der Waals surface area contributed by atoms with Gasteiger partial charge in [-0.25, -0.2) is 4.39 Å². The van der Waals surface area contributed by atoms with Gasteiger partial charge in [0.05, 0.1) is 28.6 Å². The van der Waals surface area contributed by atoms with Crippen LogP contribution in [0.15, 0.2) is 41.3 Å². The highest BCUT2D eigenvalue weighted by molar-refractivity contribution is 7.84. The molecule has 0 aliphatic rings. The molecule has 20 heavy (non-hydrogen) atoms. The van der Waals surface area contributed by atoms with Crippen molar-refractivity contribution in [3.63, 3.8) is 0 Å². The number of halogens is 1. The summed E-state index contributed by atoms with van der Waals surface area (Å²) in [5.41, 5.74) is 7.93. The number of benzene rings is 2. The molecule has 0 aromatic heterocycles. The van der Waals surface area contributed by atoms with E-state index in [9.17, 15) is 8.60 Å². The summed E-state index contributed by atoms with van der Waals surface area (Å²) in [5.74, 6) is 0.611. The molecule has 0 radical (unpaired) electrons. The van der Waals surface area contributed by atoms with E-state index >= 15 is 0 Å². The van der Waals surface area contributed by atoms with Gasteiger partial charge in [0.25, 0.3) is 0 Å². The minimum absolute atomic E-state index is 0.294. The van der Waals surface area contributed by atoms with Gasteiger partial charge in [-0.3, -0.25) is 4.21 Å². The van der Waals surface area contributed by atoms with E-state index in [4.69, 9.17) is 10.5 Å². The van der Waals surface area contributed by atoms with E-state index in [1.54, 1.807) is 38.3 Å². The Hall–Kier alpha value is -1.88. The molecule has 0 fully saturated rings. The molecular weight excluding hydrogens is 277 g/mol. The third-order valence-electron chi connectivity index (χ3n) is 3.06. The van der Waals surface area contributed by atoms with Gasteiger partial charge < -0.3 is 10.5 Å². The molecule has 0 aliphatic heterocycles. The fraction of sp³-hybridized carbons (Fsp3) is 0.200. The van der Waals surface area contributed by atoms with Crippen molar-refractivity contribution in [3.8, 4) is 5.75 Å². The van der Waals surface area contributed by atoms with Gasteiger partial charge in [0.1, 0.15) is 11.6 Å². The second kappa shape index (κ2) is 6.05. The molecule has 0 saturated heterocycles. The van der Waals surface area contributed by atoms with E-state index in [-0.39, 0.29) is 5.82 Å².